The Morgan fingerprint density at radius 2 is 0.842 bits per heavy atom. The third kappa shape index (κ3) is 15.5. The zero-order valence-electron chi connectivity index (χ0n) is 64.8. The van der Waals surface area contributed by atoms with Crippen LogP contribution in [0.2, 0.25) is 10.0 Å². The van der Waals surface area contributed by atoms with Gasteiger partial charge in [-0.05, 0) is 254 Å². The highest BCUT2D eigenvalue weighted by atomic mass is 79.9. The average Bonchev–Trinajstić information content (AvgIpc) is 1.57. The molecule has 0 spiro atoms. The van der Waals surface area contributed by atoms with Gasteiger partial charge in [0.05, 0.1) is 67.4 Å². The van der Waals surface area contributed by atoms with Crippen LogP contribution in [0.15, 0.2) is 232 Å². The van der Waals surface area contributed by atoms with Gasteiger partial charge >= 0.3 is 5.97 Å². The van der Waals surface area contributed by atoms with E-state index in [1.165, 1.54) is 17.0 Å². The summed E-state index contributed by atoms with van der Waals surface area (Å²) < 4.78 is 22.5. The zero-order chi connectivity index (χ0) is 82.9. The number of amides is 3. The Morgan fingerprint density at radius 1 is 0.483 bits per heavy atom. The number of anilines is 3. The largest absolute Gasteiger partial charge is 0.497 e. The van der Waals surface area contributed by atoms with Gasteiger partial charge in [-0.1, -0.05) is 107 Å². The Kier molecular flexibility index (Phi) is 22.8. The molecule has 9 aromatic carbocycles. The van der Waals surface area contributed by atoms with Crippen molar-refractivity contribution in [2.45, 2.75) is 74.9 Å². The first-order valence-corrected chi connectivity index (χ1v) is 43.8. The quantitative estimate of drug-likeness (QED) is 0.0465. The molecule has 0 radical (unpaired) electrons. The molecule has 3 amide bonds. The second-order valence-electron chi connectivity index (χ2n) is 30.6. The molecule has 0 bridgehead atoms. The SMILES string of the molecule is CN1CCN(CCCOc2ccc(C3c4[nH]c5ccc(Br)cc5c4CC4C(=O)N(c5ccc(Cl)cc5)C(=S)N43)cc2)CC1.COc1ccc(C2c3[nH]c4ccc(Br)cc4c3CC3C(=O)N(c4ccc(C(=O)O)cc4)C(=S)N32)cc1.O=C1C2Cc3c([nH]c4ccc(Br)cc34)C(c3ccc(OCCCn4ccnc4)cc3)N2C(=S)N1c1ccc(Cl)cc1. The number of piperazine rings is 1. The average molecular weight is 1890 g/mol. The van der Waals surface area contributed by atoms with Gasteiger partial charge in [-0.3, -0.25) is 29.1 Å². The molecule has 6 unspecified atom stereocenters. The minimum Gasteiger partial charge on any atom is -0.497 e. The van der Waals surface area contributed by atoms with E-state index in [0.29, 0.717) is 69.2 Å². The van der Waals surface area contributed by atoms with Crippen molar-refractivity contribution in [3.63, 3.8) is 0 Å². The van der Waals surface area contributed by atoms with Crippen LogP contribution in [0.1, 0.15) is 91.8 Å². The molecule has 29 heteroatoms. The third-order valence-electron chi connectivity index (χ3n) is 23.5. The molecule has 13 aromatic rings. The highest BCUT2D eigenvalue weighted by Crippen LogP contribution is 2.50. The van der Waals surface area contributed by atoms with Gasteiger partial charge in [0.15, 0.2) is 15.3 Å². The number of fused-ring (bicyclic) bond motifs is 12. The van der Waals surface area contributed by atoms with Crippen LogP contribution in [0, 0.1) is 0 Å². The van der Waals surface area contributed by atoms with E-state index in [1.54, 1.807) is 59.5 Å². The molecular formula is C91H78Br3Cl2N13O8S3. The summed E-state index contributed by atoms with van der Waals surface area (Å²) in [6.07, 6.45) is 9.04. The summed E-state index contributed by atoms with van der Waals surface area (Å²) >= 11 is 41.1. The number of likely N-dealkylation sites (N-methyl/N-ethyl adjacent to an activating group) is 1. The molecule has 608 valence electrons. The number of aromatic carboxylic acids is 1. The molecule has 120 heavy (non-hydrogen) atoms. The van der Waals surface area contributed by atoms with Crippen LogP contribution < -0.4 is 28.9 Å². The number of imidazole rings is 1. The molecule has 21 nitrogen and oxygen atoms in total. The lowest BCUT2D eigenvalue weighted by molar-refractivity contribution is -0.120. The van der Waals surface area contributed by atoms with E-state index >= 15 is 0 Å². The second-order valence-corrected chi connectivity index (χ2v) is 35.4. The Labute approximate surface area is 743 Å². The number of nitrogens with one attached hydrogen (secondary N) is 3. The van der Waals surface area contributed by atoms with Crippen molar-refractivity contribution in [1.29, 1.82) is 0 Å². The molecule has 7 aliphatic heterocycles. The molecular weight excluding hydrogens is 1810 g/mol. The molecule has 11 heterocycles. The number of carboxylic acid groups (broad SMARTS) is 1. The van der Waals surface area contributed by atoms with E-state index < -0.39 is 24.1 Å². The summed E-state index contributed by atoms with van der Waals surface area (Å²) in [5.41, 5.74) is 14.8. The van der Waals surface area contributed by atoms with Crippen LogP contribution in [0.25, 0.3) is 32.7 Å². The Hall–Kier alpha value is -10.3. The molecule has 0 aliphatic carbocycles. The first-order valence-electron chi connectivity index (χ1n) is 39.4. The van der Waals surface area contributed by atoms with E-state index in [-0.39, 0.29) is 41.4 Å². The second kappa shape index (κ2) is 34.0. The Bertz CT molecular complexity index is 6150. The molecule has 7 aliphatic rings. The highest BCUT2D eigenvalue weighted by molar-refractivity contribution is 9.11. The minimum atomic E-state index is -1.02. The molecule has 6 atom stereocenters. The van der Waals surface area contributed by atoms with Crippen LogP contribution in [0.4, 0.5) is 17.1 Å². The predicted octanol–water partition coefficient (Wildman–Crippen LogP) is 18.4. The van der Waals surface area contributed by atoms with Gasteiger partial charge in [0.25, 0.3) is 17.7 Å². The van der Waals surface area contributed by atoms with Crippen molar-refractivity contribution < 1.29 is 38.5 Å². The van der Waals surface area contributed by atoms with E-state index in [9.17, 15) is 24.3 Å². The van der Waals surface area contributed by atoms with Crippen molar-refractivity contribution in [3.8, 4) is 17.2 Å². The van der Waals surface area contributed by atoms with E-state index in [2.05, 4.69) is 149 Å². The van der Waals surface area contributed by atoms with Gasteiger partial charge < -0.3 is 63.3 Å². The summed E-state index contributed by atoms with van der Waals surface area (Å²) in [6.45, 7) is 7.69. The maximum Gasteiger partial charge on any atom is 0.335 e. The van der Waals surface area contributed by atoms with Crippen LogP contribution in [0.5, 0.6) is 17.2 Å². The Morgan fingerprint density at radius 3 is 1.19 bits per heavy atom. The van der Waals surface area contributed by atoms with Crippen LogP contribution in [-0.2, 0) is 40.2 Å². The van der Waals surface area contributed by atoms with Gasteiger partial charge in [-0.25, -0.2) is 9.78 Å². The predicted molar refractivity (Wildman–Crippen MR) is 490 cm³/mol. The van der Waals surface area contributed by atoms with Gasteiger partial charge in [-0.15, -0.1) is 0 Å². The van der Waals surface area contributed by atoms with Gasteiger partial charge in [0, 0.05) is 144 Å². The number of hydrogen-bond acceptors (Lipinski definition) is 13. The summed E-state index contributed by atoms with van der Waals surface area (Å²) in [7, 11) is 3.81. The number of carbonyl (C=O) groups excluding carboxylic acids is 3. The first kappa shape index (κ1) is 80.7. The Balaban J connectivity index is 0.000000124. The van der Waals surface area contributed by atoms with Crippen molar-refractivity contribution in [2.75, 3.05) is 74.8 Å². The van der Waals surface area contributed by atoms with Crippen molar-refractivity contribution >= 4 is 196 Å². The first-order chi connectivity index (χ1) is 58.2. The lowest BCUT2D eigenvalue weighted by atomic mass is 9.89. The smallest absolute Gasteiger partial charge is 0.335 e. The van der Waals surface area contributed by atoms with Gasteiger partial charge in [0.1, 0.15) is 35.4 Å². The number of ether oxygens (including phenoxy) is 3. The van der Waals surface area contributed by atoms with E-state index in [0.717, 1.165) is 172 Å². The molecule has 4 fully saturated rings. The van der Waals surface area contributed by atoms with Crippen molar-refractivity contribution in [1.82, 2.24) is 49.0 Å². The number of halogens is 5. The van der Waals surface area contributed by atoms with Crippen LogP contribution in [0.3, 0.4) is 0 Å². The molecule has 0 saturated carbocycles. The number of aromatic nitrogens is 5. The number of carbonyl (C=O) groups is 4. The highest BCUT2D eigenvalue weighted by Gasteiger charge is 2.54. The molecule has 20 rings (SSSR count). The summed E-state index contributed by atoms with van der Waals surface area (Å²) in [5, 5.41) is 15.2. The number of aryl methyl sites for hydroxylation is 1. The van der Waals surface area contributed by atoms with Crippen molar-refractivity contribution in [3.05, 3.63) is 298 Å². The lowest BCUT2D eigenvalue weighted by Gasteiger charge is -2.37. The summed E-state index contributed by atoms with van der Waals surface area (Å²) in [6, 6.07) is 61.3. The monoisotopic (exact) mass is 1880 g/mol. The van der Waals surface area contributed by atoms with E-state index in [4.69, 9.17) is 74.1 Å². The standard InChI is InChI=1S/C33H33BrClN5O2S.C31H25BrClN5O2S.C27H20BrN3O4S/c1-37-14-16-38(17-15-37)13-2-18-42-25-10-3-21(4-11-25)31-30-27(26-19-22(34)5-12-28(26)36-30)20-29-32(41)39(33(43)40(29)31)24-8-6-23(35)7-9-24;32-20-4-11-26-24(16-20)25-17-27-30(39)37(22-7-5-21(33)6-8-22)31(41)38(27)29(28(25)35-26)19-2-9-23(10-3-19)40-15-1-13-36-14-12-34-18-36;1-35-18-9-4-14(5-10-18)24-23-20(19-12-16(28)6-11-21(19)29-23)13-22-25(32)30(27(36)31(22)24)17-7-2-15(3-8-17)26(33)34/h3-12,19,29,31,36H,2,13-18,20H2,1H3;2-12,14,16,18,27,29,35H,1,13,15,17H2;2-12,22,24,29H,13H2,1H3,(H,33,34). The zero-order valence-corrected chi connectivity index (χ0v) is 73.6. The fourth-order valence-corrected chi connectivity index (χ4v) is 20.3. The maximum absolute atomic E-state index is 14.0. The number of nitrogens with zero attached hydrogens (tertiary/aromatic N) is 10. The number of aromatic amines is 3. The fraction of sp³-hybridized carbons (Fsp3) is 0.231. The van der Waals surface area contributed by atoms with Crippen LogP contribution in [-0.4, -0.2) is 171 Å². The molecule has 4 aromatic heterocycles. The number of benzene rings is 9. The fourth-order valence-electron chi connectivity index (χ4n) is 17.7. The normalized spacial score (nSPS) is 19.4. The molecule has 4 N–H and O–H groups in total. The maximum atomic E-state index is 14.0. The van der Waals surface area contributed by atoms with Crippen LogP contribution >= 0.6 is 108 Å². The number of thiocarbonyl (C=S) groups is 3. The summed E-state index contributed by atoms with van der Waals surface area (Å²) in [4.78, 5) is 84.0. The number of methoxy groups -OCH3 is 1. The third-order valence-corrected chi connectivity index (χ3v) is 26.7. The summed E-state index contributed by atoms with van der Waals surface area (Å²) in [5.74, 6) is 1.19. The number of H-pyrrole nitrogens is 3. The minimum absolute atomic E-state index is 0.0207. The molecule has 4 saturated heterocycles. The number of hydrogen-bond donors (Lipinski definition) is 4. The van der Waals surface area contributed by atoms with Crippen molar-refractivity contribution in [2.24, 2.45) is 0 Å². The lowest BCUT2D eigenvalue weighted by Crippen LogP contribution is -2.44. The number of rotatable bonds is 18. The topological polar surface area (TPSA) is 207 Å². The van der Waals surface area contributed by atoms with Gasteiger partial charge in [0.2, 0.25) is 0 Å². The number of carboxylic acids is 1. The van der Waals surface area contributed by atoms with E-state index in [1.807, 2.05) is 119 Å². The van der Waals surface area contributed by atoms with Gasteiger partial charge in [-0.2, -0.15) is 0 Å².